The Hall–Kier alpha value is -3.26. The molecule has 1 amide bonds. The van der Waals surface area contributed by atoms with Gasteiger partial charge in [0.05, 0.1) is 25.1 Å². The first-order valence-corrected chi connectivity index (χ1v) is 10.2. The average Bonchev–Trinajstić information content (AvgIpc) is 2.77. The molecule has 8 nitrogen and oxygen atoms in total. The quantitative estimate of drug-likeness (QED) is 0.493. The molecule has 0 unspecified atom stereocenters. The minimum absolute atomic E-state index is 0.0912. The smallest absolute Gasteiger partial charge is 0.328 e. The summed E-state index contributed by atoms with van der Waals surface area (Å²) >= 11 is 5.84. The predicted molar refractivity (Wildman–Crippen MR) is 119 cm³/mol. The summed E-state index contributed by atoms with van der Waals surface area (Å²) in [6.07, 6.45) is 1.36. The lowest BCUT2D eigenvalue weighted by molar-refractivity contribution is -0.121. The normalized spacial score (nSPS) is 10.8. The van der Waals surface area contributed by atoms with E-state index in [0.717, 1.165) is 10.1 Å². The SMILES string of the molecule is COc1cc2[nH]c(=O)n(CCCCC(=O)NCc3ccc(Cl)cc3)c(=O)c2cc1OC. The fourth-order valence-electron chi connectivity index (χ4n) is 3.23. The molecular formula is C22H24ClN3O5. The number of aromatic amines is 1. The van der Waals surface area contributed by atoms with E-state index in [2.05, 4.69) is 10.3 Å². The summed E-state index contributed by atoms with van der Waals surface area (Å²) in [6.45, 7) is 0.633. The van der Waals surface area contributed by atoms with Crippen LogP contribution in [-0.2, 0) is 17.9 Å². The van der Waals surface area contributed by atoms with Crippen molar-refractivity contribution in [2.24, 2.45) is 0 Å². The molecule has 0 atom stereocenters. The van der Waals surface area contributed by atoms with Gasteiger partial charge in [0.15, 0.2) is 11.5 Å². The zero-order valence-corrected chi connectivity index (χ0v) is 18.1. The van der Waals surface area contributed by atoms with Crippen molar-refractivity contribution < 1.29 is 14.3 Å². The van der Waals surface area contributed by atoms with E-state index in [1.165, 1.54) is 14.2 Å². The maximum Gasteiger partial charge on any atom is 0.328 e. The molecule has 0 aliphatic carbocycles. The number of rotatable bonds is 9. The van der Waals surface area contributed by atoms with Crippen LogP contribution in [0.3, 0.4) is 0 Å². The molecule has 2 aromatic carbocycles. The maximum absolute atomic E-state index is 12.8. The predicted octanol–water partition coefficient (Wildman–Crippen LogP) is 2.85. The van der Waals surface area contributed by atoms with E-state index in [9.17, 15) is 14.4 Å². The standard InChI is InChI=1S/C22H24ClN3O5/c1-30-18-11-16-17(12-19(18)31-2)25-22(29)26(21(16)28)10-4-3-5-20(27)24-13-14-6-8-15(23)9-7-14/h6-9,11-12H,3-5,10,13H2,1-2H3,(H,24,27)(H,25,29). The summed E-state index contributed by atoms with van der Waals surface area (Å²) in [5.41, 5.74) is 0.424. The number of methoxy groups -OCH3 is 2. The van der Waals surface area contributed by atoms with Gasteiger partial charge in [0.25, 0.3) is 5.56 Å². The van der Waals surface area contributed by atoms with Crippen molar-refractivity contribution in [3.8, 4) is 11.5 Å². The summed E-state index contributed by atoms with van der Waals surface area (Å²) in [6, 6.07) is 10.4. The third kappa shape index (κ3) is 5.46. The van der Waals surface area contributed by atoms with Gasteiger partial charge in [-0.05, 0) is 36.6 Å². The van der Waals surface area contributed by atoms with E-state index in [-0.39, 0.29) is 12.5 Å². The molecule has 9 heteroatoms. The fourth-order valence-corrected chi connectivity index (χ4v) is 3.36. The maximum atomic E-state index is 12.8. The molecule has 164 valence electrons. The monoisotopic (exact) mass is 445 g/mol. The van der Waals surface area contributed by atoms with Gasteiger partial charge in [-0.25, -0.2) is 4.79 Å². The summed E-state index contributed by atoms with van der Waals surface area (Å²) < 4.78 is 11.6. The highest BCUT2D eigenvalue weighted by Crippen LogP contribution is 2.29. The highest BCUT2D eigenvalue weighted by Gasteiger charge is 2.13. The summed E-state index contributed by atoms with van der Waals surface area (Å²) in [7, 11) is 2.96. The second-order valence-electron chi connectivity index (χ2n) is 7.00. The third-order valence-corrected chi connectivity index (χ3v) is 5.18. The number of amides is 1. The van der Waals surface area contributed by atoms with Crippen molar-refractivity contribution in [2.75, 3.05) is 14.2 Å². The number of nitrogens with zero attached hydrogens (tertiary/aromatic N) is 1. The van der Waals surface area contributed by atoms with E-state index >= 15 is 0 Å². The number of carbonyl (C=O) groups excluding carboxylic acids is 1. The molecule has 1 heterocycles. The lowest BCUT2D eigenvalue weighted by Gasteiger charge is -2.11. The second-order valence-corrected chi connectivity index (χ2v) is 7.44. The van der Waals surface area contributed by atoms with Gasteiger partial charge in [-0.1, -0.05) is 23.7 Å². The van der Waals surface area contributed by atoms with Crippen LogP contribution in [0.5, 0.6) is 11.5 Å². The minimum Gasteiger partial charge on any atom is -0.493 e. The molecule has 0 spiro atoms. The Labute approximate surface area is 183 Å². The van der Waals surface area contributed by atoms with Crippen LogP contribution in [0.1, 0.15) is 24.8 Å². The van der Waals surface area contributed by atoms with Crippen molar-refractivity contribution in [2.45, 2.75) is 32.4 Å². The molecule has 0 fully saturated rings. The molecule has 0 bridgehead atoms. The Bertz CT molecular complexity index is 1180. The summed E-state index contributed by atoms with van der Waals surface area (Å²) in [5, 5.41) is 3.82. The Kier molecular flexibility index (Phi) is 7.36. The fraction of sp³-hybridized carbons (Fsp3) is 0.318. The number of hydrogen-bond acceptors (Lipinski definition) is 5. The zero-order chi connectivity index (χ0) is 22.4. The molecule has 0 saturated carbocycles. The van der Waals surface area contributed by atoms with Crippen LogP contribution in [0.2, 0.25) is 5.02 Å². The molecule has 3 rings (SSSR count). The lowest BCUT2D eigenvalue weighted by atomic mass is 10.2. The molecule has 0 radical (unpaired) electrons. The Morgan fingerprint density at radius 2 is 1.74 bits per heavy atom. The average molecular weight is 446 g/mol. The van der Waals surface area contributed by atoms with Crippen LogP contribution in [-0.4, -0.2) is 29.7 Å². The highest BCUT2D eigenvalue weighted by molar-refractivity contribution is 6.30. The van der Waals surface area contributed by atoms with Gasteiger partial charge in [-0.15, -0.1) is 0 Å². The van der Waals surface area contributed by atoms with E-state index in [4.69, 9.17) is 21.1 Å². The van der Waals surface area contributed by atoms with Crippen molar-refractivity contribution in [1.82, 2.24) is 14.9 Å². The van der Waals surface area contributed by atoms with Crippen LogP contribution in [0, 0.1) is 0 Å². The van der Waals surface area contributed by atoms with E-state index in [1.807, 2.05) is 12.1 Å². The topological polar surface area (TPSA) is 102 Å². The number of ether oxygens (including phenoxy) is 2. The number of nitrogens with one attached hydrogen (secondary N) is 2. The van der Waals surface area contributed by atoms with Crippen molar-refractivity contribution >= 4 is 28.4 Å². The molecule has 1 aromatic heterocycles. The first-order chi connectivity index (χ1) is 14.9. The molecule has 0 aliphatic heterocycles. The van der Waals surface area contributed by atoms with Gasteiger partial charge in [0, 0.05) is 30.6 Å². The second kappa shape index (κ2) is 10.2. The Balaban J connectivity index is 1.59. The van der Waals surface area contributed by atoms with Gasteiger partial charge < -0.3 is 19.8 Å². The number of H-pyrrole nitrogens is 1. The first-order valence-electron chi connectivity index (χ1n) is 9.83. The number of unbranched alkanes of at least 4 members (excludes halogenated alkanes) is 1. The minimum atomic E-state index is -0.503. The van der Waals surface area contributed by atoms with E-state index < -0.39 is 11.2 Å². The molecule has 31 heavy (non-hydrogen) atoms. The van der Waals surface area contributed by atoms with Gasteiger partial charge >= 0.3 is 5.69 Å². The molecule has 3 aromatic rings. The third-order valence-electron chi connectivity index (χ3n) is 4.92. The zero-order valence-electron chi connectivity index (χ0n) is 17.4. The van der Waals surface area contributed by atoms with Gasteiger partial charge in [0.1, 0.15) is 0 Å². The van der Waals surface area contributed by atoms with Gasteiger partial charge in [0.2, 0.25) is 5.91 Å². The number of hydrogen-bond donors (Lipinski definition) is 2. The van der Waals surface area contributed by atoms with E-state index in [1.54, 1.807) is 24.3 Å². The Morgan fingerprint density at radius 3 is 2.42 bits per heavy atom. The van der Waals surface area contributed by atoms with E-state index in [0.29, 0.717) is 53.2 Å². The Morgan fingerprint density at radius 1 is 1.06 bits per heavy atom. The van der Waals surface area contributed by atoms with Gasteiger partial charge in [-0.3, -0.25) is 14.2 Å². The first kappa shape index (κ1) is 22.4. The van der Waals surface area contributed by atoms with Crippen LogP contribution < -0.4 is 26.0 Å². The van der Waals surface area contributed by atoms with Crippen molar-refractivity contribution in [1.29, 1.82) is 0 Å². The lowest BCUT2D eigenvalue weighted by Crippen LogP contribution is -2.35. The van der Waals surface area contributed by atoms with Crippen molar-refractivity contribution in [3.63, 3.8) is 0 Å². The number of aromatic nitrogens is 2. The number of halogens is 1. The molecule has 0 aliphatic rings. The summed E-state index contributed by atoms with van der Waals surface area (Å²) in [4.78, 5) is 39.9. The molecule has 0 saturated heterocycles. The van der Waals surface area contributed by atoms with Crippen LogP contribution in [0.25, 0.3) is 10.9 Å². The number of carbonyl (C=O) groups is 1. The molecular weight excluding hydrogens is 422 g/mol. The molecule has 2 N–H and O–H groups in total. The highest BCUT2D eigenvalue weighted by atomic mass is 35.5. The number of benzene rings is 2. The van der Waals surface area contributed by atoms with Gasteiger partial charge in [-0.2, -0.15) is 0 Å². The largest absolute Gasteiger partial charge is 0.493 e. The summed E-state index contributed by atoms with van der Waals surface area (Å²) in [5.74, 6) is 0.738. The van der Waals surface area contributed by atoms with Crippen molar-refractivity contribution in [3.05, 3.63) is 67.8 Å². The van der Waals surface area contributed by atoms with Crippen LogP contribution >= 0.6 is 11.6 Å². The van der Waals surface area contributed by atoms with Crippen LogP contribution in [0.4, 0.5) is 0 Å². The number of fused-ring (bicyclic) bond motifs is 1. The van der Waals surface area contributed by atoms with Crippen LogP contribution in [0.15, 0.2) is 46.0 Å².